The van der Waals surface area contributed by atoms with Crippen LogP contribution in [0.1, 0.15) is 44.9 Å². The van der Waals surface area contributed by atoms with Gasteiger partial charge in [0.25, 0.3) is 0 Å². The Morgan fingerprint density at radius 1 is 1.24 bits per heavy atom. The number of aromatic nitrogens is 3. The van der Waals surface area contributed by atoms with Gasteiger partial charge in [-0.3, -0.25) is 0 Å². The number of aryl methyl sites for hydroxylation is 1. The smallest absolute Gasteiger partial charge is 0.208 e. The summed E-state index contributed by atoms with van der Waals surface area (Å²) in [5, 5.41) is 13.4. The largest absolute Gasteiger partial charge is 0.370 e. The van der Waals surface area contributed by atoms with Crippen molar-refractivity contribution in [1.82, 2.24) is 19.6 Å². The summed E-state index contributed by atoms with van der Waals surface area (Å²) in [4.78, 5) is 7.08. The van der Waals surface area contributed by atoms with Crippen molar-refractivity contribution < 1.29 is 8.42 Å². The normalized spacial score (nSPS) is 15.1. The summed E-state index contributed by atoms with van der Waals surface area (Å²) in [6.07, 6.45) is 1.76. The molecule has 10 nitrogen and oxygen atoms in total. The van der Waals surface area contributed by atoms with E-state index in [0.717, 1.165) is 40.7 Å². The lowest BCUT2D eigenvalue weighted by Gasteiger charge is -2.24. The summed E-state index contributed by atoms with van der Waals surface area (Å²) in [5.41, 5.74) is 9.91. The molecule has 0 aliphatic carbocycles. The van der Waals surface area contributed by atoms with Gasteiger partial charge in [-0.15, -0.1) is 10.2 Å². The SMILES string of the molecule is CCN(CCNS(C)(=O)=O)c1ccc(N=C2C(C(C)(C)C)=Nn3c(CCN)nnc32)c(C)c1. The number of benzene rings is 1. The van der Waals surface area contributed by atoms with Gasteiger partial charge < -0.3 is 10.6 Å². The minimum Gasteiger partial charge on any atom is -0.370 e. The number of likely N-dealkylation sites (N-methyl/N-ethyl adjacent to an activating group) is 1. The number of nitrogens with zero attached hydrogens (tertiary/aromatic N) is 6. The molecule has 180 valence electrons. The molecule has 0 spiro atoms. The topological polar surface area (TPSA) is 131 Å². The lowest BCUT2D eigenvalue weighted by molar-refractivity contribution is 0.587. The first-order valence-corrected chi connectivity index (χ1v) is 13.0. The number of nitrogens with two attached hydrogens (primary N) is 1. The first-order valence-electron chi connectivity index (χ1n) is 11.1. The number of anilines is 1. The van der Waals surface area contributed by atoms with Crippen LogP contribution >= 0.6 is 0 Å². The van der Waals surface area contributed by atoms with Gasteiger partial charge in [-0.05, 0) is 44.2 Å². The molecule has 1 aromatic heterocycles. The van der Waals surface area contributed by atoms with Crippen LogP contribution in [0.15, 0.2) is 28.3 Å². The number of nitrogens with one attached hydrogen (secondary N) is 1. The minimum absolute atomic E-state index is 0.223. The number of hydrogen-bond acceptors (Lipinski definition) is 8. The van der Waals surface area contributed by atoms with E-state index >= 15 is 0 Å². The molecule has 1 aliphatic rings. The molecule has 1 aliphatic heterocycles. The second kappa shape index (κ2) is 9.70. The van der Waals surface area contributed by atoms with Gasteiger partial charge in [0.05, 0.1) is 17.7 Å². The van der Waals surface area contributed by atoms with Gasteiger partial charge in [-0.25, -0.2) is 18.1 Å². The van der Waals surface area contributed by atoms with Crippen LogP contribution in [0.25, 0.3) is 0 Å². The third-order valence-corrected chi connectivity index (χ3v) is 6.05. The van der Waals surface area contributed by atoms with Crippen LogP contribution in [0.5, 0.6) is 0 Å². The van der Waals surface area contributed by atoms with Gasteiger partial charge in [-0.2, -0.15) is 9.78 Å². The van der Waals surface area contributed by atoms with Gasteiger partial charge in [0.2, 0.25) is 15.8 Å². The number of fused-ring (bicyclic) bond motifs is 1. The van der Waals surface area contributed by atoms with Gasteiger partial charge in [0.1, 0.15) is 5.71 Å². The maximum Gasteiger partial charge on any atom is 0.208 e. The predicted molar refractivity (Wildman–Crippen MR) is 133 cm³/mol. The van der Waals surface area contributed by atoms with Crippen molar-refractivity contribution in [1.29, 1.82) is 0 Å². The van der Waals surface area contributed by atoms with Crippen LogP contribution in [-0.2, 0) is 16.4 Å². The van der Waals surface area contributed by atoms with Crippen molar-refractivity contribution in [3.8, 4) is 0 Å². The summed E-state index contributed by atoms with van der Waals surface area (Å²) in [6.45, 7) is 12.5. The second-order valence-corrected chi connectivity index (χ2v) is 11.0. The van der Waals surface area contributed by atoms with E-state index in [2.05, 4.69) is 46.7 Å². The molecule has 0 unspecified atom stereocenters. The maximum absolute atomic E-state index is 11.4. The second-order valence-electron chi connectivity index (χ2n) is 9.17. The van der Waals surface area contributed by atoms with Gasteiger partial charge in [-0.1, -0.05) is 20.8 Å². The van der Waals surface area contributed by atoms with E-state index in [4.69, 9.17) is 15.8 Å². The number of aliphatic imine (C=N–C) groups is 1. The number of sulfonamides is 1. The average molecular weight is 475 g/mol. The molecule has 0 saturated heterocycles. The molecule has 33 heavy (non-hydrogen) atoms. The van der Waals surface area contributed by atoms with Gasteiger partial charge >= 0.3 is 0 Å². The van der Waals surface area contributed by atoms with E-state index in [1.165, 1.54) is 6.26 Å². The van der Waals surface area contributed by atoms with E-state index in [-0.39, 0.29) is 5.41 Å². The Kier molecular flexibility index (Phi) is 7.35. The van der Waals surface area contributed by atoms with Gasteiger partial charge in [0, 0.05) is 37.2 Å². The van der Waals surface area contributed by atoms with Crippen LogP contribution in [0.3, 0.4) is 0 Å². The fourth-order valence-electron chi connectivity index (χ4n) is 3.63. The Hall–Kier alpha value is -2.63. The van der Waals surface area contributed by atoms with Crippen molar-refractivity contribution >= 4 is 32.8 Å². The lowest BCUT2D eigenvalue weighted by Crippen LogP contribution is -2.34. The highest BCUT2D eigenvalue weighted by molar-refractivity contribution is 7.88. The molecule has 1 aromatic carbocycles. The maximum atomic E-state index is 11.4. The third kappa shape index (κ3) is 5.84. The van der Waals surface area contributed by atoms with Crippen molar-refractivity contribution in [2.75, 3.05) is 37.3 Å². The summed E-state index contributed by atoms with van der Waals surface area (Å²) in [6, 6.07) is 6.05. The molecule has 3 N–H and O–H groups in total. The first kappa shape index (κ1) is 25.0. The summed E-state index contributed by atoms with van der Waals surface area (Å²) >= 11 is 0. The van der Waals surface area contributed by atoms with E-state index in [0.29, 0.717) is 31.9 Å². The lowest BCUT2D eigenvalue weighted by atomic mass is 9.87. The van der Waals surface area contributed by atoms with Crippen LogP contribution < -0.4 is 15.4 Å². The zero-order valence-electron chi connectivity index (χ0n) is 20.3. The summed E-state index contributed by atoms with van der Waals surface area (Å²) in [5.74, 6) is 1.36. The Morgan fingerprint density at radius 2 is 1.97 bits per heavy atom. The van der Waals surface area contributed by atoms with Crippen LogP contribution in [0, 0.1) is 12.3 Å². The monoisotopic (exact) mass is 474 g/mol. The van der Waals surface area contributed by atoms with E-state index in [1.807, 2.05) is 26.0 Å². The molecular formula is C22H34N8O2S. The molecule has 3 rings (SSSR count). The van der Waals surface area contributed by atoms with E-state index in [1.54, 1.807) is 4.68 Å². The van der Waals surface area contributed by atoms with Crippen LogP contribution in [-0.4, -0.2) is 67.1 Å². The quantitative estimate of drug-likeness (QED) is 0.570. The molecular weight excluding hydrogens is 440 g/mol. The highest BCUT2D eigenvalue weighted by Gasteiger charge is 2.35. The van der Waals surface area contributed by atoms with E-state index in [9.17, 15) is 8.42 Å². The Balaban J connectivity index is 1.92. The van der Waals surface area contributed by atoms with Crippen LogP contribution in [0.2, 0.25) is 0 Å². The van der Waals surface area contributed by atoms with Crippen molar-refractivity contribution in [3.63, 3.8) is 0 Å². The zero-order chi connectivity index (χ0) is 24.4. The highest BCUT2D eigenvalue weighted by atomic mass is 32.2. The molecule has 0 radical (unpaired) electrons. The molecule has 0 atom stereocenters. The Labute approximate surface area is 196 Å². The number of hydrogen-bond donors (Lipinski definition) is 2. The highest BCUT2D eigenvalue weighted by Crippen LogP contribution is 2.30. The minimum atomic E-state index is -3.21. The Morgan fingerprint density at radius 3 is 2.55 bits per heavy atom. The molecule has 2 heterocycles. The summed E-state index contributed by atoms with van der Waals surface area (Å²) in [7, 11) is -3.21. The van der Waals surface area contributed by atoms with Crippen molar-refractivity contribution in [3.05, 3.63) is 35.4 Å². The standard InChI is InChI=1S/C22H34N8O2S/c1-7-29(13-12-24-33(6,31)32)16-8-9-17(15(2)14-16)25-19-20(22(3,4)5)28-30-18(10-11-23)26-27-21(19)30/h8-9,14,24H,7,10-13,23H2,1-6H3. The van der Waals surface area contributed by atoms with Gasteiger partial charge in [0.15, 0.2) is 5.82 Å². The molecule has 2 aromatic rings. The molecule has 0 fully saturated rings. The fraction of sp³-hybridized carbons (Fsp3) is 0.545. The van der Waals surface area contributed by atoms with Crippen molar-refractivity contribution in [2.45, 2.75) is 41.0 Å². The molecule has 11 heteroatoms. The van der Waals surface area contributed by atoms with E-state index < -0.39 is 10.0 Å². The Bertz CT molecular complexity index is 1180. The first-order chi connectivity index (χ1) is 15.4. The molecule has 0 bridgehead atoms. The van der Waals surface area contributed by atoms with Crippen LogP contribution in [0.4, 0.5) is 11.4 Å². The van der Waals surface area contributed by atoms with Crippen molar-refractivity contribution in [2.24, 2.45) is 21.2 Å². The fourth-order valence-corrected chi connectivity index (χ4v) is 4.09. The third-order valence-electron chi connectivity index (χ3n) is 5.33. The zero-order valence-corrected chi connectivity index (χ0v) is 21.1. The predicted octanol–water partition coefficient (Wildman–Crippen LogP) is 1.85. The number of rotatable bonds is 9. The molecule has 0 saturated carbocycles. The molecule has 0 amide bonds. The summed E-state index contributed by atoms with van der Waals surface area (Å²) < 4.78 is 27.0. The average Bonchev–Trinajstić information content (AvgIpc) is 3.27.